The molecule has 2 aliphatic rings. The van der Waals surface area contributed by atoms with Gasteiger partial charge in [-0.1, -0.05) is 18.2 Å². The largest absolute Gasteiger partial charge is 0.447 e. The van der Waals surface area contributed by atoms with Crippen molar-refractivity contribution in [3.63, 3.8) is 0 Å². The summed E-state index contributed by atoms with van der Waals surface area (Å²) in [6.07, 6.45) is -9.91. The minimum atomic E-state index is -5.18. The first-order valence-corrected chi connectivity index (χ1v) is 9.17. The fraction of sp³-hybridized carbons (Fsp3) is 0.474. The Morgan fingerprint density at radius 2 is 1.84 bits per heavy atom. The van der Waals surface area contributed by atoms with E-state index in [0.29, 0.717) is 4.68 Å². The van der Waals surface area contributed by atoms with Gasteiger partial charge in [-0.3, -0.25) is 4.68 Å². The van der Waals surface area contributed by atoms with Crippen LogP contribution in [0, 0.1) is 0 Å². The second-order valence-electron chi connectivity index (χ2n) is 7.47. The molecule has 12 heteroatoms. The molecule has 168 valence electrons. The monoisotopic (exact) mass is 452 g/mol. The molecule has 1 aliphatic carbocycles. The van der Waals surface area contributed by atoms with Crippen molar-refractivity contribution >= 4 is 5.97 Å². The summed E-state index contributed by atoms with van der Waals surface area (Å²) in [5.41, 5.74) is -3.45. The van der Waals surface area contributed by atoms with Crippen LogP contribution in [0.1, 0.15) is 45.9 Å². The first-order chi connectivity index (χ1) is 14.4. The lowest BCUT2D eigenvalue weighted by molar-refractivity contribution is -0.149. The molecule has 31 heavy (non-hydrogen) atoms. The number of rotatable bonds is 3. The number of ether oxygens (including phenoxy) is 2. The molecule has 1 aromatic carbocycles. The third kappa shape index (κ3) is 4.00. The van der Waals surface area contributed by atoms with E-state index in [-0.39, 0.29) is 5.56 Å². The Bertz CT molecular complexity index is 988. The van der Waals surface area contributed by atoms with Gasteiger partial charge in [0.15, 0.2) is 11.8 Å². The number of hydrogen-bond acceptors (Lipinski definition) is 4. The van der Waals surface area contributed by atoms with Crippen molar-refractivity contribution in [2.24, 2.45) is 0 Å². The van der Waals surface area contributed by atoms with Crippen LogP contribution in [0.25, 0.3) is 0 Å². The molecule has 0 saturated carbocycles. The molecule has 4 rings (SSSR count). The number of hydrogen-bond donors (Lipinski definition) is 0. The van der Waals surface area contributed by atoms with E-state index in [4.69, 9.17) is 9.47 Å². The smallest absolute Gasteiger partial charge is 0.435 e. The molecule has 1 saturated heterocycles. The highest BCUT2D eigenvalue weighted by Gasteiger charge is 2.58. The minimum absolute atomic E-state index is 0.131. The van der Waals surface area contributed by atoms with Crippen LogP contribution in [0.3, 0.4) is 0 Å². The molecule has 1 aliphatic heterocycles. The number of carbonyl (C=O) groups is 1. The van der Waals surface area contributed by atoms with E-state index >= 15 is 0 Å². The van der Waals surface area contributed by atoms with E-state index in [1.54, 1.807) is 6.07 Å². The first kappa shape index (κ1) is 21.6. The molecule has 2 heterocycles. The Balaban J connectivity index is 1.76. The van der Waals surface area contributed by atoms with Gasteiger partial charge in [0.25, 0.3) is 11.8 Å². The number of esters is 1. The molecule has 0 spiro atoms. The molecule has 0 N–H and O–H groups in total. The van der Waals surface area contributed by atoms with Crippen LogP contribution < -0.4 is 0 Å². The summed E-state index contributed by atoms with van der Waals surface area (Å²) in [5.74, 6) is -8.48. The Morgan fingerprint density at radius 3 is 2.45 bits per heavy atom. The van der Waals surface area contributed by atoms with Gasteiger partial charge >= 0.3 is 12.1 Å². The van der Waals surface area contributed by atoms with E-state index in [0.717, 1.165) is 0 Å². The molecule has 2 atom stereocenters. The molecule has 1 aromatic heterocycles. The highest BCUT2D eigenvalue weighted by molar-refractivity contribution is 5.89. The van der Waals surface area contributed by atoms with Gasteiger partial charge in [-0.25, -0.2) is 22.4 Å². The highest BCUT2D eigenvalue weighted by atomic mass is 19.4. The van der Waals surface area contributed by atoms with Crippen LogP contribution in [0.2, 0.25) is 0 Å². The number of nitrogens with zero attached hydrogens (tertiary/aromatic N) is 2. The SMILES string of the molecule is O=C(O[C@H]1c2c(C(F)(F)F)nn(C3COCC(F)(F)C3)c2CC1(F)F)c1ccccc1. The maximum atomic E-state index is 14.7. The summed E-state index contributed by atoms with van der Waals surface area (Å²) in [6.45, 7) is -1.34. The predicted octanol–water partition coefficient (Wildman–Crippen LogP) is 4.59. The van der Waals surface area contributed by atoms with Crippen LogP contribution in [-0.4, -0.2) is 40.8 Å². The minimum Gasteiger partial charge on any atom is -0.447 e. The van der Waals surface area contributed by atoms with Gasteiger partial charge in [-0.15, -0.1) is 0 Å². The van der Waals surface area contributed by atoms with Gasteiger partial charge in [0.05, 0.1) is 35.9 Å². The van der Waals surface area contributed by atoms with E-state index in [2.05, 4.69) is 5.10 Å². The number of carbonyl (C=O) groups excluding carboxylic acids is 1. The zero-order valence-corrected chi connectivity index (χ0v) is 15.6. The molecule has 5 nitrogen and oxygen atoms in total. The van der Waals surface area contributed by atoms with Gasteiger partial charge in [0.1, 0.15) is 6.61 Å². The maximum Gasteiger partial charge on any atom is 0.435 e. The predicted molar refractivity (Wildman–Crippen MR) is 89.9 cm³/mol. The van der Waals surface area contributed by atoms with Crippen molar-refractivity contribution in [1.29, 1.82) is 0 Å². The normalized spacial score (nSPS) is 24.6. The number of benzene rings is 1. The van der Waals surface area contributed by atoms with Gasteiger partial charge in [0, 0.05) is 6.42 Å². The molecule has 0 amide bonds. The van der Waals surface area contributed by atoms with Gasteiger partial charge in [0.2, 0.25) is 0 Å². The van der Waals surface area contributed by atoms with E-state index in [1.165, 1.54) is 24.3 Å². The van der Waals surface area contributed by atoms with E-state index in [1.807, 2.05) is 0 Å². The second kappa shape index (κ2) is 7.21. The summed E-state index contributed by atoms with van der Waals surface area (Å²) in [7, 11) is 0. The number of aromatic nitrogens is 2. The molecule has 1 fully saturated rings. The van der Waals surface area contributed by atoms with Crippen molar-refractivity contribution < 1.29 is 45.0 Å². The maximum absolute atomic E-state index is 14.7. The Kier molecular flexibility index (Phi) is 5.02. The summed E-state index contributed by atoms with van der Waals surface area (Å²) < 4.78 is 108. The summed E-state index contributed by atoms with van der Waals surface area (Å²) in [6, 6.07) is 5.53. The fourth-order valence-corrected chi connectivity index (χ4v) is 3.83. The summed E-state index contributed by atoms with van der Waals surface area (Å²) in [5, 5.41) is 3.34. The van der Waals surface area contributed by atoms with E-state index in [9.17, 15) is 35.5 Å². The van der Waals surface area contributed by atoms with E-state index < -0.39 is 79.1 Å². The number of halogens is 7. The van der Waals surface area contributed by atoms with Crippen molar-refractivity contribution in [3.8, 4) is 0 Å². The first-order valence-electron chi connectivity index (χ1n) is 9.17. The fourth-order valence-electron chi connectivity index (χ4n) is 3.83. The summed E-state index contributed by atoms with van der Waals surface area (Å²) >= 11 is 0. The Labute approximate surface area is 170 Å². The molecule has 2 aromatic rings. The number of fused-ring (bicyclic) bond motifs is 1. The Hall–Kier alpha value is -2.63. The standard InChI is InChI=1S/C19H15F7N2O3/c20-17(21)6-11(8-30-9-17)28-12-7-18(22,23)15(13(12)14(27-28)19(24,25)26)31-16(29)10-4-2-1-3-5-10/h1-5,11,15H,6-9H2/t11?,15-/m0/s1. The lowest BCUT2D eigenvalue weighted by atomic mass is 10.1. The molecular weight excluding hydrogens is 437 g/mol. The van der Waals surface area contributed by atoms with Crippen molar-refractivity contribution in [2.45, 2.75) is 43.0 Å². The average molecular weight is 452 g/mol. The van der Waals surface area contributed by atoms with Gasteiger partial charge in [-0.05, 0) is 12.1 Å². The molecule has 0 radical (unpaired) electrons. The highest BCUT2D eigenvalue weighted by Crippen LogP contribution is 2.51. The average Bonchev–Trinajstić information content (AvgIpc) is 3.15. The number of alkyl halides is 7. The van der Waals surface area contributed by atoms with Crippen molar-refractivity contribution in [2.75, 3.05) is 13.2 Å². The van der Waals surface area contributed by atoms with Crippen molar-refractivity contribution in [1.82, 2.24) is 9.78 Å². The third-order valence-electron chi connectivity index (χ3n) is 5.11. The van der Waals surface area contributed by atoms with Gasteiger partial charge < -0.3 is 9.47 Å². The molecule has 0 bridgehead atoms. The topological polar surface area (TPSA) is 53.3 Å². The quantitative estimate of drug-likeness (QED) is 0.505. The van der Waals surface area contributed by atoms with Crippen LogP contribution >= 0.6 is 0 Å². The molecular formula is C19H15F7N2O3. The van der Waals surface area contributed by atoms with Crippen LogP contribution in [-0.2, 0) is 22.1 Å². The van der Waals surface area contributed by atoms with Gasteiger partial charge in [-0.2, -0.15) is 18.3 Å². The molecule has 1 unspecified atom stereocenters. The van der Waals surface area contributed by atoms with Crippen molar-refractivity contribution in [3.05, 3.63) is 52.8 Å². The Morgan fingerprint density at radius 1 is 1.16 bits per heavy atom. The summed E-state index contributed by atoms with van der Waals surface area (Å²) in [4.78, 5) is 12.3. The van der Waals surface area contributed by atoms with Crippen LogP contribution in [0.5, 0.6) is 0 Å². The second-order valence-corrected chi connectivity index (χ2v) is 7.47. The van der Waals surface area contributed by atoms with Crippen LogP contribution in [0.15, 0.2) is 30.3 Å². The lowest BCUT2D eigenvalue weighted by Crippen LogP contribution is -2.37. The van der Waals surface area contributed by atoms with Crippen LogP contribution in [0.4, 0.5) is 30.7 Å². The lowest BCUT2D eigenvalue weighted by Gasteiger charge is -2.30. The third-order valence-corrected chi connectivity index (χ3v) is 5.11. The zero-order valence-electron chi connectivity index (χ0n) is 15.6. The zero-order chi connectivity index (χ0) is 22.6.